The minimum atomic E-state index is -4.61. The Hall–Kier alpha value is -4.25. The number of hydrogen-bond acceptors (Lipinski definition) is 6. The van der Waals surface area contributed by atoms with E-state index in [1.807, 2.05) is 51.1 Å². The molecule has 0 aliphatic rings. The van der Waals surface area contributed by atoms with Gasteiger partial charge in [0.05, 0.1) is 17.8 Å². The summed E-state index contributed by atoms with van der Waals surface area (Å²) in [6.07, 6.45) is -2.84. The van der Waals surface area contributed by atoms with E-state index in [1.54, 1.807) is 0 Å². The third-order valence-corrected chi connectivity index (χ3v) is 5.45. The molecule has 8 nitrogen and oxygen atoms in total. The number of amides is 1. The van der Waals surface area contributed by atoms with E-state index in [0.717, 1.165) is 11.6 Å². The Kier molecular flexibility index (Phi) is 8.29. The van der Waals surface area contributed by atoms with Crippen molar-refractivity contribution in [3.8, 4) is 16.9 Å². The number of nitrogens with one attached hydrogen (secondary N) is 2. The van der Waals surface area contributed by atoms with Crippen LogP contribution in [0.3, 0.4) is 0 Å². The van der Waals surface area contributed by atoms with Gasteiger partial charge in [0.15, 0.2) is 0 Å². The molecule has 0 fully saturated rings. The highest BCUT2D eigenvalue weighted by Crippen LogP contribution is 2.39. The van der Waals surface area contributed by atoms with Crippen LogP contribution in [-0.2, 0) is 17.3 Å². The molecular weight excluding hydrogens is 511 g/mol. The maximum atomic E-state index is 13.8. The lowest BCUT2D eigenvalue weighted by atomic mass is 9.99. The summed E-state index contributed by atoms with van der Waals surface area (Å²) in [6, 6.07) is 15.9. The number of carbonyl (C=O) groups is 1. The Morgan fingerprint density at radius 3 is 2.49 bits per heavy atom. The molecule has 0 aliphatic carbocycles. The maximum absolute atomic E-state index is 13.8. The zero-order chi connectivity index (χ0) is 28.0. The van der Waals surface area contributed by atoms with Crippen LogP contribution < -0.4 is 10.1 Å². The Labute approximate surface area is 223 Å². The summed E-state index contributed by atoms with van der Waals surface area (Å²) in [5, 5.41) is 9.22. The van der Waals surface area contributed by atoms with Crippen LogP contribution in [0.15, 0.2) is 66.9 Å². The maximum Gasteiger partial charge on any atom is 0.417 e. The second-order valence-electron chi connectivity index (χ2n) is 9.67. The fourth-order valence-corrected chi connectivity index (χ4v) is 3.71. The number of pyridine rings is 1. The topological polar surface area (TPSA) is 102 Å². The molecule has 39 heavy (non-hydrogen) atoms. The summed E-state index contributed by atoms with van der Waals surface area (Å²) in [6.45, 7) is 6.14. The number of benzene rings is 2. The fourth-order valence-electron chi connectivity index (χ4n) is 3.71. The largest absolute Gasteiger partial charge is 0.491 e. The first kappa shape index (κ1) is 27.8. The highest BCUT2D eigenvalue weighted by Gasteiger charge is 2.34. The number of halogens is 3. The zero-order valence-electron chi connectivity index (χ0n) is 21.7. The molecule has 204 valence electrons. The molecule has 0 atom stereocenters. The van der Waals surface area contributed by atoms with Crippen molar-refractivity contribution in [3.05, 3.63) is 89.6 Å². The number of ether oxygens (including phenoxy) is 2. The van der Waals surface area contributed by atoms with E-state index in [1.165, 1.54) is 30.5 Å². The first-order valence-electron chi connectivity index (χ1n) is 12.2. The molecule has 0 saturated heterocycles. The SMILES string of the molecule is CC(C)(C)OCCOc1ccc(C(F)(F)F)c(-c2ccnc(NC(=O)c3n[nH]c(Cc4ccccc4)n3)c2)c1. The lowest BCUT2D eigenvalue weighted by Gasteiger charge is -2.20. The molecule has 11 heteroatoms. The summed E-state index contributed by atoms with van der Waals surface area (Å²) in [4.78, 5) is 21.0. The highest BCUT2D eigenvalue weighted by molar-refractivity contribution is 6.01. The Balaban J connectivity index is 1.51. The molecule has 2 aromatic heterocycles. The van der Waals surface area contributed by atoms with Crippen molar-refractivity contribution in [1.82, 2.24) is 20.2 Å². The lowest BCUT2D eigenvalue weighted by molar-refractivity contribution is -0.137. The molecule has 2 heterocycles. The van der Waals surface area contributed by atoms with Gasteiger partial charge in [0.1, 0.15) is 24.0 Å². The van der Waals surface area contributed by atoms with Crippen molar-refractivity contribution >= 4 is 11.7 Å². The smallest absolute Gasteiger partial charge is 0.417 e. The van der Waals surface area contributed by atoms with Crippen LogP contribution in [0.4, 0.5) is 19.0 Å². The van der Waals surface area contributed by atoms with Gasteiger partial charge in [-0.3, -0.25) is 9.89 Å². The number of aromatic nitrogens is 4. The van der Waals surface area contributed by atoms with Gasteiger partial charge in [0, 0.05) is 12.6 Å². The number of carbonyl (C=O) groups excluding carboxylic acids is 1. The lowest BCUT2D eigenvalue weighted by Crippen LogP contribution is -2.22. The molecule has 0 aliphatic heterocycles. The summed E-state index contributed by atoms with van der Waals surface area (Å²) >= 11 is 0. The Morgan fingerprint density at radius 2 is 1.77 bits per heavy atom. The third kappa shape index (κ3) is 7.87. The van der Waals surface area contributed by atoms with Gasteiger partial charge >= 0.3 is 6.18 Å². The van der Waals surface area contributed by atoms with Gasteiger partial charge in [-0.05, 0) is 67.8 Å². The second kappa shape index (κ2) is 11.6. The summed E-state index contributed by atoms with van der Waals surface area (Å²) in [7, 11) is 0. The van der Waals surface area contributed by atoms with E-state index in [2.05, 4.69) is 25.5 Å². The third-order valence-electron chi connectivity index (χ3n) is 5.45. The molecule has 2 aromatic carbocycles. The van der Waals surface area contributed by atoms with E-state index >= 15 is 0 Å². The monoisotopic (exact) mass is 539 g/mol. The predicted molar refractivity (Wildman–Crippen MR) is 139 cm³/mol. The number of aromatic amines is 1. The van der Waals surface area contributed by atoms with Gasteiger partial charge in [-0.15, -0.1) is 5.10 Å². The summed E-state index contributed by atoms with van der Waals surface area (Å²) in [5.41, 5.74) is -0.129. The van der Waals surface area contributed by atoms with Crippen molar-refractivity contribution in [3.63, 3.8) is 0 Å². The molecule has 0 radical (unpaired) electrons. The number of nitrogens with zero attached hydrogens (tertiary/aromatic N) is 3. The van der Waals surface area contributed by atoms with Gasteiger partial charge in [-0.25, -0.2) is 9.97 Å². The van der Waals surface area contributed by atoms with Gasteiger partial charge in [0.25, 0.3) is 5.91 Å². The molecule has 0 bridgehead atoms. The van der Waals surface area contributed by atoms with E-state index in [-0.39, 0.29) is 47.3 Å². The van der Waals surface area contributed by atoms with Crippen LogP contribution in [0.5, 0.6) is 5.75 Å². The minimum absolute atomic E-state index is 0.0462. The van der Waals surface area contributed by atoms with Gasteiger partial charge in [-0.2, -0.15) is 13.2 Å². The molecule has 4 rings (SSSR count). The zero-order valence-corrected chi connectivity index (χ0v) is 21.7. The van der Waals surface area contributed by atoms with Crippen LogP contribution in [0.25, 0.3) is 11.1 Å². The molecule has 0 saturated carbocycles. The van der Waals surface area contributed by atoms with E-state index in [9.17, 15) is 18.0 Å². The van der Waals surface area contributed by atoms with Crippen molar-refractivity contribution in [1.29, 1.82) is 0 Å². The summed E-state index contributed by atoms with van der Waals surface area (Å²) < 4.78 is 52.7. The molecule has 2 N–H and O–H groups in total. The van der Waals surface area contributed by atoms with Crippen molar-refractivity contribution in [2.45, 2.75) is 39.0 Å². The van der Waals surface area contributed by atoms with Crippen LogP contribution in [0, 0.1) is 0 Å². The molecule has 1 amide bonds. The Bertz CT molecular complexity index is 1420. The number of H-pyrrole nitrogens is 1. The number of alkyl halides is 3. The second-order valence-corrected chi connectivity index (χ2v) is 9.67. The van der Waals surface area contributed by atoms with E-state index in [4.69, 9.17) is 9.47 Å². The van der Waals surface area contributed by atoms with Crippen molar-refractivity contribution in [2.24, 2.45) is 0 Å². The molecule has 0 spiro atoms. The fraction of sp³-hybridized carbons (Fsp3) is 0.286. The normalized spacial score (nSPS) is 11.8. The van der Waals surface area contributed by atoms with Crippen LogP contribution >= 0.6 is 0 Å². The molecular formula is C28H28F3N5O3. The minimum Gasteiger partial charge on any atom is -0.491 e. The quantitative estimate of drug-likeness (QED) is 0.256. The Morgan fingerprint density at radius 1 is 1.00 bits per heavy atom. The predicted octanol–water partition coefficient (Wildman–Crippen LogP) is 5.92. The first-order chi connectivity index (χ1) is 18.5. The number of hydrogen-bond donors (Lipinski definition) is 2. The first-order valence-corrected chi connectivity index (χ1v) is 12.2. The van der Waals surface area contributed by atoms with Gasteiger partial charge < -0.3 is 14.8 Å². The number of rotatable bonds is 9. The highest BCUT2D eigenvalue weighted by atomic mass is 19.4. The van der Waals surface area contributed by atoms with Crippen LogP contribution in [0.1, 0.15) is 48.3 Å². The standard InChI is InChI=1S/C28H28F3N5O3/c1-27(2,3)39-14-13-38-20-9-10-22(28(29,30)31)21(17-20)19-11-12-32-23(16-19)34-26(37)25-33-24(35-36-25)15-18-7-5-4-6-8-18/h4-12,16-17H,13-15H2,1-3H3,(H,32,34,37)(H,33,35,36). The molecule has 4 aromatic rings. The number of anilines is 1. The summed E-state index contributed by atoms with van der Waals surface area (Å²) in [5.74, 6) is 0.0290. The van der Waals surface area contributed by atoms with Crippen LogP contribution in [-0.4, -0.2) is 44.9 Å². The van der Waals surface area contributed by atoms with Gasteiger partial charge in [-0.1, -0.05) is 30.3 Å². The van der Waals surface area contributed by atoms with Crippen molar-refractivity contribution in [2.75, 3.05) is 18.5 Å². The average Bonchev–Trinajstić information content (AvgIpc) is 3.35. The molecule has 0 unspecified atom stereocenters. The van der Waals surface area contributed by atoms with E-state index < -0.39 is 17.6 Å². The van der Waals surface area contributed by atoms with Gasteiger partial charge in [0.2, 0.25) is 5.82 Å². The van der Waals surface area contributed by atoms with Crippen LogP contribution in [0.2, 0.25) is 0 Å². The average molecular weight is 540 g/mol. The van der Waals surface area contributed by atoms with E-state index in [0.29, 0.717) is 12.2 Å². The van der Waals surface area contributed by atoms with Crippen molar-refractivity contribution < 1.29 is 27.4 Å².